The van der Waals surface area contributed by atoms with E-state index in [1.807, 2.05) is 0 Å². The molecule has 0 saturated heterocycles. The van der Waals surface area contributed by atoms with Gasteiger partial charge in [-0.2, -0.15) is 4.99 Å². The standard InChI is InChI=1S/C5H5N4O2/c6-4(11)9-5-7-2-1-3(10)8-5/h1-2H,(H3,6,8,9,10,11). The number of hydrogen-bond acceptors (Lipinski definition) is 2. The Balaban J connectivity index is 2.60. The van der Waals surface area contributed by atoms with Crippen LogP contribution in [-0.2, 0) is 4.79 Å². The topological polar surface area (TPSA) is 98.7 Å². The molecule has 0 fully saturated rings. The number of amides is 3. The molecule has 0 aromatic heterocycles. The molecule has 0 aromatic carbocycles. The Morgan fingerprint density at radius 3 is 2.91 bits per heavy atom. The number of carbonyl (C=O) groups excluding carboxylic acids is 2. The van der Waals surface area contributed by atoms with Crippen molar-refractivity contribution in [2.24, 2.45) is 10.7 Å². The number of nitrogens with zero attached hydrogens (tertiary/aromatic N) is 2. The van der Waals surface area contributed by atoms with Gasteiger partial charge in [0, 0.05) is 12.3 Å². The third kappa shape index (κ3) is 2.09. The summed E-state index contributed by atoms with van der Waals surface area (Å²) in [6.45, 7) is 0. The van der Waals surface area contributed by atoms with Gasteiger partial charge in [-0.1, -0.05) is 0 Å². The maximum absolute atomic E-state index is 10.5. The zero-order chi connectivity index (χ0) is 8.27. The van der Waals surface area contributed by atoms with E-state index in [2.05, 4.69) is 15.6 Å². The van der Waals surface area contributed by atoms with Gasteiger partial charge >= 0.3 is 6.03 Å². The van der Waals surface area contributed by atoms with Gasteiger partial charge in [-0.25, -0.2) is 10.1 Å². The third-order valence-corrected chi connectivity index (χ3v) is 0.865. The van der Waals surface area contributed by atoms with E-state index in [4.69, 9.17) is 5.73 Å². The van der Waals surface area contributed by atoms with Gasteiger partial charge in [-0.3, -0.25) is 10.1 Å². The average molecular weight is 153 g/mol. The van der Waals surface area contributed by atoms with Crippen molar-refractivity contribution in [1.29, 1.82) is 0 Å². The lowest BCUT2D eigenvalue weighted by Gasteiger charge is -2.04. The van der Waals surface area contributed by atoms with E-state index in [9.17, 15) is 9.59 Å². The number of nitrogens with two attached hydrogens (primary N) is 1. The van der Waals surface area contributed by atoms with Crippen molar-refractivity contribution < 1.29 is 9.59 Å². The highest BCUT2D eigenvalue weighted by Gasteiger charge is 2.07. The summed E-state index contributed by atoms with van der Waals surface area (Å²) in [4.78, 5) is 24.1. The minimum absolute atomic E-state index is 0.0787. The van der Waals surface area contributed by atoms with E-state index in [0.29, 0.717) is 0 Å². The van der Waals surface area contributed by atoms with Gasteiger partial charge < -0.3 is 5.73 Å². The van der Waals surface area contributed by atoms with E-state index in [-0.39, 0.29) is 5.96 Å². The summed E-state index contributed by atoms with van der Waals surface area (Å²) in [5.74, 6) is -0.547. The maximum atomic E-state index is 10.5. The molecule has 0 spiro atoms. The van der Waals surface area contributed by atoms with Crippen LogP contribution < -0.4 is 16.4 Å². The van der Waals surface area contributed by atoms with E-state index < -0.39 is 11.9 Å². The van der Waals surface area contributed by atoms with Crippen LogP contribution in [0.5, 0.6) is 0 Å². The Bertz CT molecular complexity index is 255. The molecule has 0 unspecified atom stereocenters. The molecule has 0 atom stereocenters. The Morgan fingerprint density at radius 1 is 1.64 bits per heavy atom. The highest BCUT2D eigenvalue weighted by molar-refractivity contribution is 6.06. The number of aliphatic imine (C=N–C) groups is 1. The molecule has 1 aliphatic rings. The number of nitrogens with one attached hydrogen (secondary N) is 1. The Morgan fingerprint density at radius 2 is 2.36 bits per heavy atom. The van der Waals surface area contributed by atoms with Crippen molar-refractivity contribution >= 4 is 17.9 Å². The Hall–Kier alpha value is -1.85. The lowest BCUT2D eigenvalue weighted by Crippen LogP contribution is -2.40. The van der Waals surface area contributed by atoms with Gasteiger partial charge in [-0.05, 0) is 0 Å². The first-order valence-electron chi connectivity index (χ1n) is 2.75. The second-order valence-electron chi connectivity index (χ2n) is 1.71. The smallest absolute Gasteiger partial charge is 0.319 e. The van der Waals surface area contributed by atoms with Crippen molar-refractivity contribution in [3.63, 3.8) is 0 Å². The van der Waals surface area contributed by atoms with Crippen LogP contribution in [0.2, 0.25) is 0 Å². The molecule has 0 saturated carbocycles. The summed E-state index contributed by atoms with van der Waals surface area (Å²) in [6.07, 6.45) is 2.41. The minimum Gasteiger partial charge on any atom is -0.351 e. The predicted octanol–water partition coefficient (Wildman–Crippen LogP) is -1.33. The van der Waals surface area contributed by atoms with E-state index >= 15 is 0 Å². The SMILES string of the molecule is NC(=O)NC1=NC(=O)C=C[N]1. The summed E-state index contributed by atoms with van der Waals surface area (Å²) in [7, 11) is 0. The lowest BCUT2D eigenvalue weighted by atomic mass is 10.5. The molecule has 0 aliphatic carbocycles. The maximum Gasteiger partial charge on any atom is 0.319 e. The molecule has 3 amide bonds. The Labute approximate surface area is 62.2 Å². The van der Waals surface area contributed by atoms with Gasteiger partial charge in [-0.15, -0.1) is 0 Å². The molecule has 6 nitrogen and oxygen atoms in total. The zero-order valence-electron chi connectivity index (χ0n) is 5.44. The number of rotatable bonds is 0. The van der Waals surface area contributed by atoms with Gasteiger partial charge in [0.25, 0.3) is 5.91 Å². The van der Waals surface area contributed by atoms with Crippen LogP contribution in [0, 0.1) is 0 Å². The van der Waals surface area contributed by atoms with Crippen molar-refractivity contribution in [3.05, 3.63) is 12.3 Å². The largest absolute Gasteiger partial charge is 0.351 e. The summed E-state index contributed by atoms with van der Waals surface area (Å²) < 4.78 is 0. The van der Waals surface area contributed by atoms with Crippen LogP contribution in [0.15, 0.2) is 17.3 Å². The fraction of sp³-hybridized carbons (Fsp3) is 0. The second-order valence-corrected chi connectivity index (χ2v) is 1.71. The van der Waals surface area contributed by atoms with Crippen molar-refractivity contribution in [1.82, 2.24) is 10.6 Å². The molecule has 11 heavy (non-hydrogen) atoms. The Kier molecular flexibility index (Phi) is 1.86. The number of carbonyl (C=O) groups is 2. The molecular formula is C5H5N4O2. The fourth-order valence-corrected chi connectivity index (χ4v) is 0.513. The molecule has 0 bridgehead atoms. The van der Waals surface area contributed by atoms with Gasteiger partial charge in [0.2, 0.25) is 5.96 Å². The van der Waals surface area contributed by atoms with E-state index in [1.54, 1.807) is 0 Å². The molecular weight excluding hydrogens is 148 g/mol. The minimum atomic E-state index is -0.796. The highest BCUT2D eigenvalue weighted by atomic mass is 16.2. The fourth-order valence-electron chi connectivity index (χ4n) is 0.513. The number of primary amides is 1. The molecule has 1 heterocycles. The second kappa shape index (κ2) is 2.82. The van der Waals surface area contributed by atoms with Crippen molar-refractivity contribution in [3.8, 4) is 0 Å². The molecule has 57 valence electrons. The molecule has 1 radical (unpaired) electrons. The van der Waals surface area contributed by atoms with Gasteiger partial charge in [0.1, 0.15) is 0 Å². The van der Waals surface area contributed by atoms with Gasteiger partial charge in [0.05, 0.1) is 0 Å². The molecule has 6 heteroatoms. The number of urea groups is 1. The van der Waals surface area contributed by atoms with E-state index in [0.717, 1.165) is 0 Å². The zero-order valence-corrected chi connectivity index (χ0v) is 5.44. The van der Waals surface area contributed by atoms with Crippen molar-refractivity contribution in [2.45, 2.75) is 0 Å². The first-order chi connectivity index (χ1) is 5.18. The van der Waals surface area contributed by atoms with Crippen LogP contribution in [0.1, 0.15) is 0 Å². The predicted molar refractivity (Wildman–Crippen MR) is 36.4 cm³/mol. The summed E-state index contributed by atoms with van der Waals surface area (Å²) in [6, 6.07) is -0.796. The van der Waals surface area contributed by atoms with Crippen LogP contribution in [-0.4, -0.2) is 17.9 Å². The van der Waals surface area contributed by atoms with Crippen LogP contribution >= 0.6 is 0 Å². The number of guanidine groups is 1. The summed E-state index contributed by atoms with van der Waals surface area (Å²) >= 11 is 0. The van der Waals surface area contributed by atoms with E-state index in [1.165, 1.54) is 12.3 Å². The molecule has 0 aromatic rings. The summed E-state index contributed by atoms with van der Waals surface area (Å²) in [5, 5.41) is 5.62. The molecule has 3 N–H and O–H groups in total. The van der Waals surface area contributed by atoms with Crippen molar-refractivity contribution in [2.75, 3.05) is 0 Å². The molecule has 1 rings (SSSR count). The van der Waals surface area contributed by atoms with Crippen LogP contribution in [0.25, 0.3) is 0 Å². The monoisotopic (exact) mass is 153 g/mol. The van der Waals surface area contributed by atoms with Crippen LogP contribution in [0.4, 0.5) is 4.79 Å². The lowest BCUT2D eigenvalue weighted by molar-refractivity contribution is -0.113. The first-order valence-corrected chi connectivity index (χ1v) is 2.75. The third-order valence-electron chi connectivity index (χ3n) is 0.865. The number of hydrogen-bond donors (Lipinski definition) is 2. The van der Waals surface area contributed by atoms with Crippen LogP contribution in [0.3, 0.4) is 0 Å². The normalized spacial score (nSPS) is 15.3. The summed E-state index contributed by atoms with van der Waals surface area (Å²) in [5.41, 5.74) is 4.74. The highest BCUT2D eigenvalue weighted by Crippen LogP contribution is 1.86. The quantitative estimate of drug-likeness (QED) is 0.450. The molecule has 1 aliphatic heterocycles. The average Bonchev–Trinajstić information content (AvgIpc) is 1.85. The first kappa shape index (κ1) is 7.26. The van der Waals surface area contributed by atoms with Gasteiger partial charge in [0.15, 0.2) is 0 Å².